The molecule has 0 aliphatic carbocycles. The molecule has 3 atom stereocenters. The SMILES string of the molecule is CCC(C)C(C)N[C@@H](C)C(=O)OC. The normalized spacial score (nSPS) is 17.6. The summed E-state index contributed by atoms with van der Waals surface area (Å²) in [5, 5.41) is 3.21. The summed E-state index contributed by atoms with van der Waals surface area (Å²) in [5.41, 5.74) is 0. The highest BCUT2D eigenvalue weighted by atomic mass is 16.5. The van der Waals surface area contributed by atoms with Crippen LogP contribution >= 0.6 is 0 Å². The molecule has 1 N–H and O–H groups in total. The zero-order valence-corrected chi connectivity index (χ0v) is 9.26. The van der Waals surface area contributed by atoms with E-state index in [1.807, 2.05) is 6.92 Å². The number of nitrogens with one attached hydrogen (secondary N) is 1. The highest BCUT2D eigenvalue weighted by Gasteiger charge is 2.18. The fraction of sp³-hybridized carbons (Fsp3) is 0.900. The van der Waals surface area contributed by atoms with Gasteiger partial charge in [0.1, 0.15) is 6.04 Å². The summed E-state index contributed by atoms with van der Waals surface area (Å²) in [4.78, 5) is 11.1. The number of carbonyl (C=O) groups is 1. The molecule has 0 amide bonds. The Kier molecular flexibility index (Phi) is 5.71. The van der Waals surface area contributed by atoms with Gasteiger partial charge in [0, 0.05) is 6.04 Å². The largest absolute Gasteiger partial charge is 0.468 e. The first-order chi connectivity index (χ1) is 6.02. The molecule has 13 heavy (non-hydrogen) atoms. The van der Waals surface area contributed by atoms with Gasteiger partial charge in [0.25, 0.3) is 0 Å². The minimum atomic E-state index is -0.214. The van der Waals surface area contributed by atoms with E-state index in [9.17, 15) is 4.79 Å². The fourth-order valence-corrected chi connectivity index (χ4v) is 1.16. The average molecular weight is 187 g/mol. The molecule has 0 aromatic carbocycles. The Bertz CT molecular complexity index is 159. The van der Waals surface area contributed by atoms with E-state index in [1.54, 1.807) is 0 Å². The second kappa shape index (κ2) is 5.97. The van der Waals surface area contributed by atoms with E-state index in [2.05, 4.69) is 30.8 Å². The maximum Gasteiger partial charge on any atom is 0.322 e. The van der Waals surface area contributed by atoms with Gasteiger partial charge in [-0.15, -0.1) is 0 Å². The summed E-state index contributed by atoms with van der Waals surface area (Å²) in [6, 6.07) is 0.132. The van der Waals surface area contributed by atoms with Crippen LogP contribution in [0.25, 0.3) is 0 Å². The van der Waals surface area contributed by atoms with E-state index in [1.165, 1.54) is 7.11 Å². The van der Waals surface area contributed by atoms with Crippen molar-refractivity contribution in [3.63, 3.8) is 0 Å². The summed E-state index contributed by atoms with van der Waals surface area (Å²) in [5.74, 6) is 0.377. The summed E-state index contributed by atoms with van der Waals surface area (Å²) in [7, 11) is 1.41. The van der Waals surface area contributed by atoms with Crippen LogP contribution in [0.3, 0.4) is 0 Å². The first-order valence-corrected chi connectivity index (χ1v) is 4.86. The van der Waals surface area contributed by atoms with Gasteiger partial charge < -0.3 is 10.1 Å². The number of esters is 1. The van der Waals surface area contributed by atoms with Crippen molar-refractivity contribution in [3.05, 3.63) is 0 Å². The van der Waals surface area contributed by atoms with E-state index < -0.39 is 0 Å². The molecular weight excluding hydrogens is 166 g/mol. The molecule has 0 aliphatic heterocycles. The van der Waals surface area contributed by atoms with Crippen LogP contribution in [-0.2, 0) is 9.53 Å². The Morgan fingerprint density at radius 3 is 2.31 bits per heavy atom. The molecular formula is C10H21NO2. The van der Waals surface area contributed by atoms with Gasteiger partial charge in [0.05, 0.1) is 7.11 Å². The molecule has 0 bridgehead atoms. The molecule has 78 valence electrons. The van der Waals surface area contributed by atoms with Crippen molar-refractivity contribution in [2.45, 2.75) is 46.2 Å². The predicted molar refractivity (Wildman–Crippen MR) is 53.5 cm³/mol. The summed E-state index contributed by atoms with van der Waals surface area (Å²) in [6.45, 7) is 8.23. The van der Waals surface area contributed by atoms with Crippen molar-refractivity contribution < 1.29 is 9.53 Å². The monoisotopic (exact) mass is 187 g/mol. The molecule has 2 unspecified atom stereocenters. The van der Waals surface area contributed by atoms with Crippen molar-refractivity contribution in [2.75, 3.05) is 7.11 Å². The highest BCUT2D eigenvalue weighted by Crippen LogP contribution is 2.07. The number of ether oxygens (including phenoxy) is 1. The quantitative estimate of drug-likeness (QED) is 0.664. The van der Waals surface area contributed by atoms with E-state index in [0.717, 1.165) is 6.42 Å². The van der Waals surface area contributed by atoms with Crippen LogP contribution in [-0.4, -0.2) is 25.2 Å². The third-order valence-corrected chi connectivity index (χ3v) is 2.57. The molecule has 0 fully saturated rings. The summed E-state index contributed by atoms with van der Waals surface area (Å²) in [6.07, 6.45) is 1.11. The Hall–Kier alpha value is -0.570. The van der Waals surface area contributed by atoms with Crippen molar-refractivity contribution in [1.82, 2.24) is 5.32 Å². The lowest BCUT2D eigenvalue weighted by Gasteiger charge is -2.22. The van der Waals surface area contributed by atoms with E-state index >= 15 is 0 Å². The van der Waals surface area contributed by atoms with Crippen LogP contribution in [0.1, 0.15) is 34.1 Å². The van der Waals surface area contributed by atoms with Crippen molar-refractivity contribution in [1.29, 1.82) is 0 Å². The lowest BCUT2D eigenvalue weighted by atomic mass is 10.0. The molecule has 0 heterocycles. The Morgan fingerprint density at radius 1 is 1.38 bits per heavy atom. The zero-order chi connectivity index (χ0) is 10.4. The third kappa shape index (κ3) is 4.27. The highest BCUT2D eigenvalue weighted by molar-refractivity contribution is 5.75. The Morgan fingerprint density at radius 2 is 1.92 bits per heavy atom. The molecule has 0 saturated heterocycles. The number of carbonyl (C=O) groups excluding carboxylic acids is 1. The standard InChI is InChI=1S/C10H21NO2/c1-6-7(2)8(3)11-9(4)10(12)13-5/h7-9,11H,6H2,1-5H3/t7?,8?,9-/m0/s1. The van der Waals surface area contributed by atoms with E-state index in [0.29, 0.717) is 12.0 Å². The first-order valence-electron chi connectivity index (χ1n) is 4.86. The van der Waals surface area contributed by atoms with Gasteiger partial charge in [0.2, 0.25) is 0 Å². The van der Waals surface area contributed by atoms with E-state index in [-0.39, 0.29) is 12.0 Å². The third-order valence-electron chi connectivity index (χ3n) is 2.57. The van der Waals surface area contributed by atoms with Crippen LogP contribution in [0, 0.1) is 5.92 Å². The Balaban J connectivity index is 3.90. The van der Waals surface area contributed by atoms with Crippen LogP contribution in [0.5, 0.6) is 0 Å². The maximum atomic E-state index is 11.1. The smallest absolute Gasteiger partial charge is 0.322 e. The minimum Gasteiger partial charge on any atom is -0.468 e. The van der Waals surface area contributed by atoms with Crippen molar-refractivity contribution >= 4 is 5.97 Å². The minimum absolute atomic E-state index is 0.199. The van der Waals surface area contributed by atoms with Gasteiger partial charge in [-0.1, -0.05) is 20.3 Å². The number of hydrogen-bond acceptors (Lipinski definition) is 3. The first kappa shape index (κ1) is 12.4. The summed E-state index contributed by atoms with van der Waals surface area (Å²) < 4.78 is 4.62. The van der Waals surface area contributed by atoms with Gasteiger partial charge in [-0.3, -0.25) is 4.79 Å². The Labute approximate surface area is 80.8 Å². The molecule has 0 radical (unpaired) electrons. The second-order valence-electron chi connectivity index (χ2n) is 3.59. The lowest BCUT2D eigenvalue weighted by Crippen LogP contribution is -2.43. The van der Waals surface area contributed by atoms with Crippen molar-refractivity contribution in [2.24, 2.45) is 5.92 Å². The molecule has 0 aliphatic rings. The molecule has 0 aromatic heterocycles. The topological polar surface area (TPSA) is 38.3 Å². The predicted octanol–water partition coefficient (Wildman–Crippen LogP) is 1.57. The van der Waals surface area contributed by atoms with Gasteiger partial charge in [0.15, 0.2) is 0 Å². The van der Waals surface area contributed by atoms with Gasteiger partial charge >= 0.3 is 5.97 Å². The average Bonchev–Trinajstić information content (AvgIpc) is 2.14. The van der Waals surface area contributed by atoms with Crippen LogP contribution in [0.4, 0.5) is 0 Å². The van der Waals surface area contributed by atoms with Crippen LogP contribution in [0.15, 0.2) is 0 Å². The molecule has 3 heteroatoms. The number of methoxy groups -OCH3 is 1. The maximum absolute atomic E-state index is 11.1. The molecule has 0 aromatic rings. The van der Waals surface area contributed by atoms with Gasteiger partial charge in [-0.2, -0.15) is 0 Å². The zero-order valence-electron chi connectivity index (χ0n) is 9.26. The summed E-state index contributed by atoms with van der Waals surface area (Å²) >= 11 is 0. The second-order valence-corrected chi connectivity index (χ2v) is 3.59. The van der Waals surface area contributed by atoms with Gasteiger partial charge in [-0.25, -0.2) is 0 Å². The number of hydrogen-bond donors (Lipinski definition) is 1. The van der Waals surface area contributed by atoms with E-state index in [4.69, 9.17) is 0 Å². The van der Waals surface area contributed by atoms with Gasteiger partial charge in [-0.05, 0) is 19.8 Å². The van der Waals surface area contributed by atoms with Crippen LogP contribution < -0.4 is 5.32 Å². The van der Waals surface area contributed by atoms with Crippen LogP contribution in [0.2, 0.25) is 0 Å². The van der Waals surface area contributed by atoms with Crippen molar-refractivity contribution in [3.8, 4) is 0 Å². The molecule has 0 spiro atoms. The lowest BCUT2D eigenvalue weighted by molar-refractivity contribution is -0.142. The number of rotatable bonds is 5. The fourth-order valence-electron chi connectivity index (χ4n) is 1.16. The molecule has 3 nitrogen and oxygen atoms in total. The molecule has 0 saturated carbocycles. The molecule has 0 rings (SSSR count).